The molecule has 0 aromatic carbocycles. The molecule has 3 unspecified atom stereocenters. The highest BCUT2D eigenvalue weighted by Gasteiger charge is 2.23. The molecule has 0 spiro atoms. The van der Waals surface area contributed by atoms with Crippen LogP contribution >= 0.6 is 0 Å². The molecule has 0 amide bonds. The summed E-state index contributed by atoms with van der Waals surface area (Å²) in [4.78, 5) is 0. The first-order valence-corrected chi connectivity index (χ1v) is 7.38. The fraction of sp³-hybridized carbons (Fsp3) is 1.00. The lowest BCUT2D eigenvalue weighted by Crippen LogP contribution is -2.34. The molecule has 0 aliphatic carbocycles. The highest BCUT2D eigenvalue weighted by atomic mass is 16.6. The van der Waals surface area contributed by atoms with Gasteiger partial charge in [-0.15, -0.1) is 0 Å². The van der Waals surface area contributed by atoms with Gasteiger partial charge in [0.25, 0.3) is 0 Å². The summed E-state index contributed by atoms with van der Waals surface area (Å²) in [6.45, 7) is 13.4. The highest BCUT2D eigenvalue weighted by molar-refractivity contribution is 4.72. The van der Waals surface area contributed by atoms with Crippen LogP contribution in [0.5, 0.6) is 0 Å². The first-order chi connectivity index (χ1) is 8.86. The van der Waals surface area contributed by atoms with Gasteiger partial charge in [-0.1, -0.05) is 13.8 Å². The summed E-state index contributed by atoms with van der Waals surface area (Å²) < 4.78 is 17.1. The van der Waals surface area contributed by atoms with Gasteiger partial charge in [-0.05, 0) is 40.5 Å². The van der Waals surface area contributed by atoms with Crippen molar-refractivity contribution in [3.05, 3.63) is 0 Å². The minimum Gasteiger partial charge on any atom is -0.394 e. The standard InChI is InChI=1S/C15H32O4/c1-7-15(6,8-2)19-14(5)11-18-13(4)10-17-12(3)9-16/h12-14,16H,7-11H2,1-6H3. The Morgan fingerprint density at radius 3 is 1.84 bits per heavy atom. The van der Waals surface area contributed by atoms with Crippen LogP contribution in [0.2, 0.25) is 0 Å². The summed E-state index contributed by atoms with van der Waals surface area (Å²) >= 11 is 0. The van der Waals surface area contributed by atoms with Crippen LogP contribution in [-0.4, -0.2) is 48.8 Å². The number of rotatable bonds is 11. The number of aliphatic hydroxyl groups excluding tert-OH is 1. The second kappa shape index (κ2) is 9.70. The largest absolute Gasteiger partial charge is 0.394 e. The van der Waals surface area contributed by atoms with Crippen molar-refractivity contribution in [2.75, 3.05) is 19.8 Å². The number of hydrogen-bond acceptors (Lipinski definition) is 4. The molecule has 1 N–H and O–H groups in total. The molecule has 4 nitrogen and oxygen atoms in total. The van der Waals surface area contributed by atoms with Gasteiger partial charge in [-0.25, -0.2) is 0 Å². The van der Waals surface area contributed by atoms with E-state index in [4.69, 9.17) is 19.3 Å². The van der Waals surface area contributed by atoms with Gasteiger partial charge in [0.05, 0.1) is 43.7 Å². The minimum atomic E-state index is -0.136. The fourth-order valence-corrected chi connectivity index (χ4v) is 1.64. The number of ether oxygens (including phenoxy) is 3. The van der Waals surface area contributed by atoms with E-state index >= 15 is 0 Å². The van der Waals surface area contributed by atoms with Crippen LogP contribution in [-0.2, 0) is 14.2 Å². The Kier molecular flexibility index (Phi) is 9.62. The van der Waals surface area contributed by atoms with Crippen LogP contribution in [0.1, 0.15) is 54.4 Å². The van der Waals surface area contributed by atoms with Crippen LogP contribution < -0.4 is 0 Å². The van der Waals surface area contributed by atoms with Crippen LogP contribution in [0, 0.1) is 0 Å². The third kappa shape index (κ3) is 8.58. The van der Waals surface area contributed by atoms with Gasteiger partial charge in [-0.3, -0.25) is 0 Å². The van der Waals surface area contributed by atoms with E-state index in [0.29, 0.717) is 13.2 Å². The second-order valence-corrected chi connectivity index (χ2v) is 5.56. The van der Waals surface area contributed by atoms with Crippen LogP contribution in [0.3, 0.4) is 0 Å². The predicted octanol–water partition coefficient (Wildman–Crippen LogP) is 2.77. The van der Waals surface area contributed by atoms with Crippen molar-refractivity contribution in [3.8, 4) is 0 Å². The van der Waals surface area contributed by atoms with Gasteiger partial charge in [0.2, 0.25) is 0 Å². The maximum Gasteiger partial charge on any atom is 0.0788 e. The summed E-state index contributed by atoms with van der Waals surface area (Å²) in [5.74, 6) is 0. The molecule has 0 rings (SSSR count). The third-order valence-electron chi connectivity index (χ3n) is 3.47. The average Bonchev–Trinajstić information content (AvgIpc) is 2.42. The molecule has 4 heteroatoms. The molecule has 0 aliphatic rings. The molecule has 116 valence electrons. The summed E-state index contributed by atoms with van der Waals surface area (Å²) in [7, 11) is 0. The summed E-state index contributed by atoms with van der Waals surface area (Å²) in [5, 5.41) is 8.86. The van der Waals surface area contributed by atoms with E-state index in [1.165, 1.54) is 0 Å². The van der Waals surface area contributed by atoms with Crippen molar-refractivity contribution in [3.63, 3.8) is 0 Å². The van der Waals surface area contributed by atoms with Gasteiger partial charge in [0, 0.05) is 0 Å². The van der Waals surface area contributed by atoms with Crippen molar-refractivity contribution in [1.82, 2.24) is 0 Å². The topological polar surface area (TPSA) is 47.9 Å². The monoisotopic (exact) mass is 276 g/mol. The molecule has 0 saturated heterocycles. The first-order valence-electron chi connectivity index (χ1n) is 7.38. The second-order valence-electron chi connectivity index (χ2n) is 5.56. The molecular formula is C15H32O4. The van der Waals surface area contributed by atoms with Crippen LogP contribution in [0.25, 0.3) is 0 Å². The van der Waals surface area contributed by atoms with Gasteiger partial charge >= 0.3 is 0 Å². The molecule has 0 aliphatic heterocycles. The molecule has 0 aromatic heterocycles. The highest BCUT2D eigenvalue weighted by Crippen LogP contribution is 2.21. The fourth-order valence-electron chi connectivity index (χ4n) is 1.64. The lowest BCUT2D eigenvalue weighted by atomic mass is 10.00. The zero-order valence-corrected chi connectivity index (χ0v) is 13.4. The zero-order valence-electron chi connectivity index (χ0n) is 13.4. The maximum atomic E-state index is 8.86. The van der Waals surface area contributed by atoms with Gasteiger partial charge in [0.15, 0.2) is 0 Å². The minimum absolute atomic E-state index is 0.00885. The summed E-state index contributed by atoms with van der Waals surface area (Å²) in [6, 6.07) is 0. The average molecular weight is 276 g/mol. The number of aliphatic hydroxyl groups is 1. The van der Waals surface area contributed by atoms with E-state index in [1.54, 1.807) is 0 Å². The van der Waals surface area contributed by atoms with Crippen LogP contribution in [0.4, 0.5) is 0 Å². The molecule has 19 heavy (non-hydrogen) atoms. The van der Waals surface area contributed by atoms with Crippen molar-refractivity contribution in [1.29, 1.82) is 0 Å². The van der Waals surface area contributed by atoms with Crippen molar-refractivity contribution >= 4 is 0 Å². The SMILES string of the molecule is CCC(C)(CC)OC(C)COC(C)COC(C)CO. The lowest BCUT2D eigenvalue weighted by Gasteiger charge is -2.31. The predicted molar refractivity (Wildman–Crippen MR) is 77.4 cm³/mol. The Morgan fingerprint density at radius 1 is 0.895 bits per heavy atom. The summed E-state index contributed by atoms with van der Waals surface area (Å²) in [6.07, 6.45) is 1.95. The quantitative estimate of drug-likeness (QED) is 0.630. The van der Waals surface area contributed by atoms with Crippen molar-refractivity contribution in [2.45, 2.75) is 78.3 Å². The zero-order chi connectivity index (χ0) is 14.9. The Bertz CT molecular complexity index is 216. The molecule has 3 atom stereocenters. The molecule has 0 saturated carbocycles. The van der Waals surface area contributed by atoms with E-state index in [0.717, 1.165) is 12.8 Å². The number of hydrogen-bond donors (Lipinski definition) is 1. The molecule has 0 aromatic rings. The lowest BCUT2D eigenvalue weighted by molar-refractivity contribution is -0.124. The maximum absolute atomic E-state index is 8.86. The van der Waals surface area contributed by atoms with Crippen LogP contribution in [0.15, 0.2) is 0 Å². The first kappa shape index (κ1) is 18.8. The van der Waals surface area contributed by atoms with E-state index in [2.05, 4.69) is 20.8 Å². The Hall–Kier alpha value is -0.160. The molecule has 0 fully saturated rings. The van der Waals surface area contributed by atoms with Gasteiger partial charge < -0.3 is 19.3 Å². The molecule has 0 heterocycles. The molecule has 0 bridgehead atoms. The Morgan fingerprint density at radius 2 is 1.37 bits per heavy atom. The normalized spacial score (nSPS) is 17.2. The smallest absolute Gasteiger partial charge is 0.0788 e. The summed E-state index contributed by atoms with van der Waals surface area (Å²) in [5.41, 5.74) is -0.0616. The van der Waals surface area contributed by atoms with Crippen molar-refractivity contribution < 1.29 is 19.3 Å². The third-order valence-corrected chi connectivity index (χ3v) is 3.47. The van der Waals surface area contributed by atoms with E-state index in [9.17, 15) is 0 Å². The van der Waals surface area contributed by atoms with E-state index < -0.39 is 0 Å². The van der Waals surface area contributed by atoms with Gasteiger partial charge in [-0.2, -0.15) is 0 Å². The molecular weight excluding hydrogens is 244 g/mol. The van der Waals surface area contributed by atoms with Gasteiger partial charge in [0.1, 0.15) is 0 Å². The molecule has 0 radical (unpaired) electrons. The van der Waals surface area contributed by atoms with E-state index in [1.807, 2.05) is 20.8 Å². The van der Waals surface area contributed by atoms with E-state index in [-0.39, 0.29) is 30.5 Å². The van der Waals surface area contributed by atoms with Crippen molar-refractivity contribution in [2.24, 2.45) is 0 Å². The Labute approximate surface area is 118 Å². The Balaban J connectivity index is 3.86.